The van der Waals surface area contributed by atoms with Gasteiger partial charge >= 0.3 is 0 Å². The van der Waals surface area contributed by atoms with E-state index in [1.807, 2.05) is 19.9 Å². The molecule has 0 aliphatic carbocycles. The standard InChI is InChI=1S/C10H14ClNO/c1-3-7-4-8(6(2)12)10(13)9(11)5-7/h4-6,13H,3,12H2,1-2H3. The monoisotopic (exact) mass is 199 g/mol. The van der Waals surface area contributed by atoms with Gasteiger partial charge in [0, 0.05) is 11.6 Å². The summed E-state index contributed by atoms with van der Waals surface area (Å²) < 4.78 is 0. The summed E-state index contributed by atoms with van der Waals surface area (Å²) >= 11 is 5.84. The van der Waals surface area contributed by atoms with E-state index in [0.29, 0.717) is 10.6 Å². The molecule has 0 amide bonds. The van der Waals surface area contributed by atoms with Crippen molar-refractivity contribution in [2.24, 2.45) is 5.73 Å². The number of hydrogen-bond donors (Lipinski definition) is 2. The molecule has 0 saturated carbocycles. The van der Waals surface area contributed by atoms with Crippen LogP contribution in [-0.4, -0.2) is 5.11 Å². The van der Waals surface area contributed by atoms with Gasteiger partial charge in [0.1, 0.15) is 5.75 Å². The lowest BCUT2D eigenvalue weighted by Gasteiger charge is -2.11. The average Bonchev–Trinajstić information content (AvgIpc) is 2.09. The second-order valence-electron chi connectivity index (χ2n) is 3.16. The van der Waals surface area contributed by atoms with Crippen LogP contribution in [0.3, 0.4) is 0 Å². The Kier molecular flexibility index (Phi) is 3.17. The van der Waals surface area contributed by atoms with Gasteiger partial charge in [-0.05, 0) is 25.0 Å². The third-order valence-electron chi connectivity index (χ3n) is 2.05. The van der Waals surface area contributed by atoms with Crippen LogP contribution >= 0.6 is 11.6 Å². The first-order valence-electron chi connectivity index (χ1n) is 4.33. The predicted molar refractivity (Wildman–Crippen MR) is 55.1 cm³/mol. The number of nitrogens with two attached hydrogens (primary N) is 1. The van der Waals surface area contributed by atoms with E-state index in [-0.39, 0.29) is 11.8 Å². The van der Waals surface area contributed by atoms with Crippen LogP contribution in [0.5, 0.6) is 5.75 Å². The molecule has 1 atom stereocenters. The fourth-order valence-electron chi connectivity index (χ4n) is 1.23. The largest absolute Gasteiger partial charge is 0.506 e. The molecule has 0 aliphatic heterocycles. The molecule has 13 heavy (non-hydrogen) atoms. The second-order valence-corrected chi connectivity index (χ2v) is 3.56. The lowest BCUT2D eigenvalue weighted by Crippen LogP contribution is -2.06. The van der Waals surface area contributed by atoms with Crippen LogP contribution in [0.4, 0.5) is 0 Å². The Labute approximate surface area is 83.3 Å². The van der Waals surface area contributed by atoms with Crippen molar-refractivity contribution in [3.8, 4) is 5.75 Å². The third-order valence-corrected chi connectivity index (χ3v) is 2.34. The summed E-state index contributed by atoms with van der Waals surface area (Å²) in [7, 11) is 0. The maximum atomic E-state index is 9.58. The molecule has 2 nitrogen and oxygen atoms in total. The Bertz CT molecular complexity index is 310. The van der Waals surface area contributed by atoms with E-state index in [4.69, 9.17) is 17.3 Å². The van der Waals surface area contributed by atoms with E-state index in [1.54, 1.807) is 6.07 Å². The van der Waals surface area contributed by atoms with Crippen molar-refractivity contribution in [2.45, 2.75) is 26.3 Å². The highest BCUT2D eigenvalue weighted by atomic mass is 35.5. The van der Waals surface area contributed by atoms with Gasteiger partial charge in [-0.1, -0.05) is 24.6 Å². The molecule has 3 N–H and O–H groups in total. The minimum absolute atomic E-state index is 0.105. The normalized spacial score (nSPS) is 12.9. The van der Waals surface area contributed by atoms with Gasteiger partial charge in [-0.2, -0.15) is 0 Å². The number of rotatable bonds is 2. The first-order chi connectivity index (χ1) is 6.06. The number of aromatic hydroxyl groups is 1. The molecule has 72 valence electrons. The number of aryl methyl sites for hydroxylation is 1. The Balaban J connectivity index is 3.25. The van der Waals surface area contributed by atoms with E-state index >= 15 is 0 Å². The van der Waals surface area contributed by atoms with E-state index in [9.17, 15) is 5.11 Å². The van der Waals surface area contributed by atoms with Crippen LogP contribution in [0.2, 0.25) is 5.02 Å². The highest BCUT2D eigenvalue weighted by molar-refractivity contribution is 6.32. The van der Waals surface area contributed by atoms with Gasteiger partial charge in [-0.3, -0.25) is 0 Å². The van der Waals surface area contributed by atoms with Crippen LogP contribution in [0, 0.1) is 0 Å². The molecule has 0 heterocycles. The maximum Gasteiger partial charge on any atom is 0.138 e. The lowest BCUT2D eigenvalue weighted by molar-refractivity contribution is 0.463. The fourth-order valence-corrected chi connectivity index (χ4v) is 1.48. The highest BCUT2D eigenvalue weighted by Crippen LogP contribution is 2.32. The van der Waals surface area contributed by atoms with Crippen LogP contribution in [0.15, 0.2) is 12.1 Å². The Morgan fingerprint density at radius 1 is 1.54 bits per heavy atom. The van der Waals surface area contributed by atoms with E-state index in [1.165, 1.54) is 0 Å². The van der Waals surface area contributed by atoms with Gasteiger partial charge in [-0.15, -0.1) is 0 Å². The Morgan fingerprint density at radius 3 is 2.62 bits per heavy atom. The molecule has 1 aromatic carbocycles. The minimum Gasteiger partial charge on any atom is -0.506 e. The van der Waals surface area contributed by atoms with Gasteiger partial charge in [0.05, 0.1) is 5.02 Å². The van der Waals surface area contributed by atoms with E-state index in [0.717, 1.165) is 12.0 Å². The Hall–Kier alpha value is -0.730. The highest BCUT2D eigenvalue weighted by Gasteiger charge is 2.10. The van der Waals surface area contributed by atoms with Crippen molar-refractivity contribution >= 4 is 11.6 Å². The topological polar surface area (TPSA) is 46.2 Å². The number of halogens is 1. The van der Waals surface area contributed by atoms with Crippen molar-refractivity contribution in [3.05, 3.63) is 28.3 Å². The molecule has 1 rings (SSSR count). The fraction of sp³-hybridized carbons (Fsp3) is 0.400. The molecule has 1 aromatic rings. The molecular formula is C10H14ClNO. The van der Waals surface area contributed by atoms with Gasteiger partial charge in [0.25, 0.3) is 0 Å². The molecule has 0 spiro atoms. The van der Waals surface area contributed by atoms with Crippen LogP contribution in [0.1, 0.15) is 31.0 Å². The average molecular weight is 200 g/mol. The number of benzene rings is 1. The number of phenolic OH excluding ortho intramolecular Hbond substituents is 1. The second kappa shape index (κ2) is 3.99. The van der Waals surface area contributed by atoms with Gasteiger partial charge in [0.15, 0.2) is 0 Å². The minimum atomic E-state index is -0.191. The van der Waals surface area contributed by atoms with Gasteiger partial charge in [-0.25, -0.2) is 0 Å². The molecule has 0 bridgehead atoms. The van der Waals surface area contributed by atoms with Gasteiger partial charge in [0.2, 0.25) is 0 Å². The first-order valence-corrected chi connectivity index (χ1v) is 4.71. The zero-order chi connectivity index (χ0) is 10.0. The number of hydrogen-bond acceptors (Lipinski definition) is 2. The van der Waals surface area contributed by atoms with E-state index in [2.05, 4.69) is 0 Å². The molecule has 0 saturated heterocycles. The SMILES string of the molecule is CCc1cc(Cl)c(O)c(C(C)N)c1. The smallest absolute Gasteiger partial charge is 0.138 e. The zero-order valence-corrected chi connectivity index (χ0v) is 8.60. The molecule has 0 aliphatic rings. The summed E-state index contributed by atoms with van der Waals surface area (Å²) in [6.07, 6.45) is 0.889. The van der Waals surface area contributed by atoms with E-state index < -0.39 is 0 Å². The number of phenols is 1. The van der Waals surface area contributed by atoms with Crippen LogP contribution in [-0.2, 0) is 6.42 Å². The van der Waals surface area contributed by atoms with Crippen molar-refractivity contribution in [3.63, 3.8) is 0 Å². The predicted octanol–water partition coefficient (Wildman–Crippen LogP) is 2.63. The molecule has 0 fully saturated rings. The molecule has 0 radical (unpaired) electrons. The zero-order valence-electron chi connectivity index (χ0n) is 7.84. The van der Waals surface area contributed by atoms with Gasteiger partial charge < -0.3 is 10.8 Å². The maximum absolute atomic E-state index is 9.58. The summed E-state index contributed by atoms with van der Waals surface area (Å²) in [6, 6.07) is 3.47. The summed E-state index contributed by atoms with van der Waals surface area (Å²) in [5.41, 5.74) is 7.49. The molecule has 0 aromatic heterocycles. The molecular weight excluding hydrogens is 186 g/mol. The van der Waals surface area contributed by atoms with Crippen molar-refractivity contribution < 1.29 is 5.11 Å². The molecule has 3 heteroatoms. The first kappa shape index (κ1) is 10.4. The van der Waals surface area contributed by atoms with Crippen molar-refractivity contribution in [1.29, 1.82) is 0 Å². The van der Waals surface area contributed by atoms with Crippen LogP contribution in [0.25, 0.3) is 0 Å². The summed E-state index contributed by atoms with van der Waals surface area (Å²) in [5, 5.41) is 9.96. The lowest BCUT2D eigenvalue weighted by atomic mass is 10.0. The summed E-state index contributed by atoms with van der Waals surface area (Å²) in [5.74, 6) is 0.105. The van der Waals surface area contributed by atoms with Crippen LogP contribution < -0.4 is 5.73 Å². The Morgan fingerprint density at radius 2 is 2.15 bits per heavy atom. The summed E-state index contributed by atoms with van der Waals surface area (Å²) in [6.45, 7) is 3.86. The molecule has 1 unspecified atom stereocenters. The summed E-state index contributed by atoms with van der Waals surface area (Å²) in [4.78, 5) is 0. The van der Waals surface area contributed by atoms with Crippen molar-refractivity contribution in [2.75, 3.05) is 0 Å². The van der Waals surface area contributed by atoms with Crippen molar-refractivity contribution in [1.82, 2.24) is 0 Å². The third kappa shape index (κ3) is 2.14. The quantitative estimate of drug-likeness (QED) is 0.769.